The number of anilines is 4. The van der Waals surface area contributed by atoms with Gasteiger partial charge in [0, 0.05) is 23.9 Å². The van der Waals surface area contributed by atoms with Crippen molar-refractivity contribution in [2.24, 2.45) is 0 Å². The van der Waals surface area contributed by atoms with Crippen molar-refractivity contribution in [2.75, 3.05) is 38.1 Å². The molecule has 0 amide bonds. The molecule has 8 nitrogen and oxygen atoms in total. The predicted octanol–water partition coefficient (Wildman–Crippen LogP) is 1.41. The van der Waals surface area contributed by atoms with Gasteiger partial charge < -0.3 is 31.0 Å². The van der Waals surface area contributed by atoms with E-state index in [1.807, 2.05) is 0 Å². The summed E-state index contributed by atoms with van der Waals surface area (Å²) in [5.74, 6) is 2.38. The van der Waals surface area contributed by atoms with Crippen molar-refractivity contribution in [1.82, 2.24) is 9.97 Å². The van der Waals surface area contributed by atoms with Crippen LogP contribution in [0.15, 0.2) is 18.2 Å². The molecule has 0 aliphatic carbocycles. The molecule has 1 aromatic heterocycles. The Bertz CT molecular complexity index is 602. The molecule has 2 rings (SSSR count). The van der Waals surface area contributed by atoms with Crippen LogP contribution in [0.4, 0.5) is 23.3 Å². The fourth-order valence-corrected chi connectivity index (χ4v) is 1.85. The van der Waals surface area contributed by atoms with Crippen molar-refractivity contribution in [3.63, 3.8) is 0 Å². The van der Waals surface area contributed by atoms with Gasteiger partial charge in [-0.3, -0.25) is 0 Å². The minimum Gasteiger partial charge on any atom is -0.493 e. The molecule has 112 valence electrons. The lowest BCUT2D eigenvalue weighted by molar-refractivity contribution is 0.324. The van der Waals surface area contributed by atoms with Gasteiger partial charge in [0.05, 0.1) is 21.3 Å². The lowest BCUT2D eigenvalue weighted by Crippen LogP contribution is -2.03. The van der Waals surface area contributed by atoms with Crippen LogP contribution in [0.2, 0.25) is 0 Å². The minimum absolute atomic E-state index is 0.0879. The van der Waals surface area contributed by atoms with Crippen molar-refractivity contribution >= 4 is 23.3 Å². The number of nitrogens with one attached hydrogen (secondary N) is 1. The molecule has 0 radical (unpaired) electrons. The first-order valence-electron chi connectivity index (χ1n) is 6.04. The third kappa shape index (κ3) is 3.16. The number of hydrogen-bond donors (Lipinski definition) is 3. The van der Waals surface area contributed by atoms with E-state index in [-0.39, 0.29) is 11.8 Å². The maximum Gasteiger partial charge on any atom is 0.223 e. The van der Waals surface area contributed by atoms with Gasteiger partial charge in [0.2, 0.25) is 11.7 Å². The summed E-state index contributed by atoms with van der Waals surface area (Å²) in [5.41, 5.74) is 11.9. The first kappa shape index (κ1) is 14.5. The van der Waals surface area contributed by atoms with Gasteiger partial charge in [-0.25, -0.2) is 0 Å². The molecule has 0 fully saturated rings. The van der Waals surface area contributed by atoms with E-state index in [2.05, 4.69) is 15.3 Å². The van der Waals surface area contributed by atoms with E-state index in [1.165, 1.54) is 0 Å². The van der Waals surface area contributed by atoms with Crippen LogP contribution < -0.4 is 31.0 Å². The van der Waals surface area contributed by atoms with Crippen LogP contribution in [0.5, 0.6) is 17.2 Å². The molecule has 0 unspecified atom stereocenters. The van der Waals surface area contributed by atoms with Crippen LogP contribution in [0.3, 0.4) is 0 Å². The molecule has 5 N–H and O–H groups in total. The number of methoxy groups -OCH3 is 3. The van der Waals surface area contributed by atoms with Gasteiger partial charge in [0.1, 0.15) is 11.6 Å². The van der Waals surface area contributed by atoms with Gasteiger partial charge in [-0.15, -0.1) is 0 Å². The largest absolute Gasteiger partial charge is 0.493 e. The smallest absolute Gasteiger partial charge is 0.223 e. The summed E-state index contributed by atoms with van der Waals surface area (Å²) < 4.78 is 15.8. The van der Waals surface area contributed by atoms with E-state index in [4.69, 9.17) is 25.7 Å². The third-order valence-electron chi connectivity index (χ3n) is 2.70. The highest BCUT2D eigenvalue weighted by Gasteiger charge is 2.13. The number of ether oxygens (including phenoxy) is 3. The monoisotopic (exact) mass is 291 g/mol. The first-order valence-corrected chi connectivity index (χ1v) is 6.04. The Hall–Kier alpha value is -2.90. The zero-order valence-corrected chi connectivity index (χ0v) is 12.0. The molecule has 1 heterocycles. The summed E-state index contributed by atoms with van der Waals surface area (Å²) in [6, 6.07) is 5.06. The van der Waals surface area contributed by atoms with Gasteiger partial charge >= 0.3 is 0 Å². The Balaban J connectivity index is 2.40. The number of rotatable bonds is 5. The van der Waals surface area contributed by atoms with E-state index < -0.39 is 0 Å². The predicted molar refractivity (Wildman–Crippen MR) is 80.2 cm³/mol. The normalized spacial score (nSPS) is 10.0. The minimum atomic E-state index is 0.0879. The molecule has 0 aliphatic rings. The molecule has 0 aliphatic heterocycles. The van der Waals surface area contributed by atoms with Gasteiger partial charge in [0.25, 0.3) is 0 Å². The third-order valence-corrected chi connectivity index (χ3v) is 2.70. The van der Waals surface area contributed by atoms with Crippen LogP contribution in [0.25, 0.3) is 0 Å². The number of nitrogens with two attached hydrogens (primary N) is 2. The molecular formula is C13H17N5O3. The number of aromatic nitrogens is 2. The molecule has 0 saturated heterocycles. The van der Waals surface area contributed by atoms with E-state index >= 15 is 0 Å². The SMILES string of the molecule is COc1cc(Nc2cc(N)nc(N)n2)cc(OC)c1OC. The lowest BCUT2D eigenvalue weighted by atomic mass is 10.2. The fraction of sp³-hybridized carbons (Fsp3) is 0.231. The second-order valence-electron chi connectivity index (χ2n) is 4.08. The highest BCUT2D eigenvalue weighted by Crippen LogP contribution is 2.40. The van der Waals surface area contributed by atoms with Crippen molar-refractivity contribution < 1.29 is 14.2 Å². The summed E-state index contributed by atoms with van der Waals surface area (Å²) >= 11 is 0. The van der Waals surface area contributed by atoms with E-state index in [0.29, 0.717) is 28.8 Å². The van der Waals surface area contributed by atoms with Gasteiger partial charge in [0.15, 0.2) is 11.5 Å². The van der Waals surface area contributed by atoms with E-state index in [9.17, 15) is 0 Å². The highest BCUT2D eigenvalue weighted by atomic mass is 16.5. The van der Waals surface area contributed by atoms with Gasteiger partial charge in [-0.1, -0.05) is 0 Å². The van der Waals surface area contributed by atoms with Crippen molar-refractivity contribution in [3.8, 4) is 17.2 Å². The van der Waals surface area contributed by atoms with Crippen LogP contribution in [0.1, 0.15) is 0 Å². The molecular weight excluding hydrogens is 274 g/mol. The molecule has 0 bridgehead atoms. The average molecular weight is 291 g/mol. The second-order valence-corrected chi connectivity index (χ2v) is 4.08. The van der Waals surface area contributed by atoms with Crippen molar-refractivity contribution in [2.45, 2.75) is 0 Å². The topological polar surface area (TPSA) is 118 Å². The first-order chi connectivity index (χ1) is 10.1. The Morgan fingerprint density at radius 2 is 1.52 bits per heavy atom. The Labute approximate surface area is 122 Å². The molecule has 2 aromatic rings. The summed E-state index contributed by atoms with van der Waals surface area (Å²) in [4.78, 5) is 7.85. The quantitative estimate of drug-likeness (QED) is 0.756. The number of hydrogen-bond acceptors (Lipinski definition) is 8. The van der Waals surface area contributed by atoms with E-state index in [1.54, 1.807) is 39.5 Å². The Morgan fingerprint density at radius 3 is 2.00 bits per heavy atom. The van der Waals surface area contributed by atoms with Crippen LogP contribution in [-0.2, 0) is 0 Å². The zero-order chi connectivity index (χ0) is 15.4. The molecule has 0 saturated carbocycles. The highest BCUT2D eigenvalue weighted by molar-refractivity contribution is 5.67. The average Bonchev–Trinajstić information content (AvgIpc) is 2.45. The standard InChI is InChI=1S/C13H17N5O3/c1-19-8-4-7(5-9(20-2)12(8)21-3)16-11-6-10(14)17-13(15)18-11/h4-6H,1-3H3,(H5,14,15,16,17,18). The van der Waals surface area contributed by atoms with Gasteiger partial charge in [-0.2, -0.15) is 9.97 Å². The fourth-order valence-electron chi connectivity index (χ4n) is 1.85. The summed E-state index contributed by atoms with van der Waals surface area (Å²) in [6.07, 6.45) is 0. The number of nitrogens with zero attached hydrogens (tertiary/aromatic N) is 2. The van der Waals surface area contributed by atoms with Crippen LogP contribution in [-0.4, -0.2) is 31.3 Å². The van der Waals surface area contributed by atoms with Crippen molar-refractivity contribution in [1.29, 1.82) is 0 Å². The zero-order valence-electron chi connectivity index (χ0n) is 12.0. The van der Waals surface area contributed by atoms with Crippen molar-refractivity contribution in [3.05, 3.63) is 18.2 Å². The maximum absolute atomic E-state index is 5.63. The molecule has 0 spiro atoms. The number of benzene rings is 1. The summed E-state index contributed by atoms with van der Waals surface area (Å²) in [6.45, 7) is 0. The van der Waals surface area contributed by atoms with Crippen LogP contribution >= 0.6 is 0 Å². The van der Waals surface area contributed by atoms with E-state index in [0.717, 1.165) is 0 Å². The Morgan fingerprint density at radius 1 is 0.905 bits per heavy atom. The maximum atomic E-state index is 5.63. The summed E-state index contributed by atoms with van der Waals surface area (Å²) in [7, 11) is 4.63. The lowest BCUT2D eigenvalue weighted by Gasteiger charge is -2.15. The molecule has 8 heteroatoms. The summed E-state index contributed by atoms with van der Waals surface area (Å²) in [5, 5.41) is 3.06. The molecule has 21 heavy (non-hydrogen) atoms. The number of nitrogen functional groups attached to an aromatic ring is 2. The Kier molecular flexibility index (Phi) is 4.17. The molecule has 0 atom stereocenters. The molecule has 1 aromatic carbocycles. The second kappa shape index (κ2) is 6.04. The van der Waals surface area contributed by atoms with Crippen LogP contribution in [0, 0.1) is 0 Å². The van der Waals surface area contributed by atoms with Gasteiger partial charge in [-0.05, 0) is 0 Å².